The first kappa shape index (κ1) is 15.2. The van der Waals surface area contributed by atoms with Gasteiger partial charge in [0.05, 0.1) is 11.2 Å². The lowest BCUT2D eigenvalue weighted by Crippen LogP contribution is -2.30. The second-order valence-electron chi connectivity index (χ2n) is 5.29. The second-order valence-corrected chi connectivity index (χ2v) is 5.29. The fourth-order valence-electron chi connectivity index (χ4n) is 2.73. The van der Waals surface area contributed by atoms with Gasteiger partial charge in [0.25, 0.3) is 5.91 Å². The van der Waals surface area contributed by atoms with Crippen LogP contribution in [0.15, 0.2) is 54.9 Å². The fraction of sp³-hybridized carbons (Fsp3) is 0.211. The average molecular weight is 305 g/mol. The van der Waals surface area contributed by atoms with Gasteiger partial charge >= 0.3 is 0 Å². The summed E-state index contributed by atoms with van der Waals surface area (Å²) in [5.74, 6) is 0.0511. The summed E-state index contributed by atoms with van der Waals surface area (Å²) in [5.41, 5.74) is 3.37. The van der Waals surface area contributed by atoms with Crippen molar-refractivity contribution in [3.05, 3.63) is 60.4 Å². The molecule has 0 N–H and O–H groups in total. The minimum Gasteiger partial charge on any atom is -0.339 e. The SMILES string of the molecule is CCN(CC)C(=O)c1cccc(-c2nccc3ncccc23)c1. The van der Waals surface area contributed by atoms with Crippen LogP contribution in [-0.2, 0) is 0 Å². The van der Waals surface area contributed by atoms with Crippen LogP contribution in [0.25, 0.3) is 22.2 Å². The molecule has 0 spiro atoms. The van der Waals surface area contributed by atoms with E-state index < -0.39 is 0 Å². The van der Waals surface area contributed by atoms with Crippen molar-refractivity contribution in [3.63, 3.8) is 0 Å². The van der Waals surface area contributed by atoms with Gasteiger partial charge < -0.3 is 4.90 Å². The first-order valence-corrected chi connectivity index (χ1v) is 7.84. The third-order valence-electron chi connectivity index (χ3n) is 3.96. The number of rotatable bonds is 4. The van der Waals surface area contributed by atoms with Gasteiger partial charge in [-0.05, 0) is 44.2 Å². The van der Waals surface area contributed by atoms with Crippen molar-refractivity contribution in [1.29, 1.82) is 0 Å². The standard InChI is InChI=1S/C19H19N3O/c1-3-22(4-2)19(23)15-8-5-7-14(13-15)18-16-9-6-11-20-17(16)10-12-21-18/h5-13H,3-4H2,1-2H3. The van der Waals surface area contributed by atoms with E-state index in [9.17, 15) is 4.79 Å². The van der Waals surface area contributed by atoms with Gasteiger partial charge in [-0.3, -0.25) is 14.8 Å². The van der Waals surface area contributed by atoms with Crippen LogP contribution in [0.3, 0.4) is 0 Å². The predicted octanol–water partition coefficient (Wildman–Crippen LogP) is 3.78. The molecule has 0 saturated heterocycles. The lowest BCUT2D eigenvalue weighted by atomic mass is 10.0. The van der Waals surface area contributed by atoms with Crippen LogP contribution < -0.4 is 0 Å². The van der Waals surface area contributed by atoms with Crippen molar-refractivity contribution in [3.8, 4) is 11.3 Å². The molecule has 0 aliphatic rings. The number of nitrogens with zero attached hydrogens (tertiary/aromatic N) is 3. The van der Waals surface area contributed by atoms with Gasteiger partial charge in [-0.15, -0.1) is 0 Å². The Labute approximate surface area is 135 Å². The molecular formula is C19H19N3O. The Kier molecular flexibility index (Phi) is 4.33. The van der Waals surface area contributed by atoms with E-state index in [1.807, 2.05) is 61.2 Å². The number of hydrogen-bond donors (Lipinski definition) is 0. The van der Waals surface area contributed by atoms with Crippen molar-refractivity contribution >= 4 is 16.8 Å². The maximum Gasteiger partial charge on any atom is 0.253 e. The largest absolute Gasteiger partial charge is 0.339 e. The van der Waals surface area contributed by atoms with E-state index >= 15 is 0 Å². The van der Waals surface area contributed by atoms with Gasteiger partial charge in [0, 0.05) is 42.0 Å². The average Bonchev–Trinajstić information content (AvgIpc) is 2.62. The first-order chi connectivity index (χ1) is 11.2. The van der Waals surface area contributed by atoms with Crippen LogP contribution in [0.1, 0.15) is 24.2 Å². The summed E-state index contributed by atoms with van der Waals surface area (Å²) in [6.07, 6.45) is 3.52. The Hall–Kier alpha value is -2.75. The molecule has 2 heterocycles. The molecule has 0 aliphatic heterocycles. The van der Waals surface area contributed by atoms with E-state index in [0.717, 1.165) is 22.2 Å². The highest BCUT2D eigenvalue weighted by Gasteiger charge is 2.14. The van der Waals surface area contributed by atoms with Crippen molar-refractivity contribution in [1.82, 2.24) is 14.9 Å². The Morgan fingerprint density at radius 2 is 1.83 bits per heavy atom. The fourth-order valence-corrected chi connectivity index (χ4v) is 2.73. The van der Waals surface area contributed by atoms with Gasteiger partial charge in [0.1, 0.15) is 0 Å². The number of carbonyl (C=O) groups is 1. The zero-order chi connectivity index (χ0) is 16.2. The molecule has 4 nitrogen and oxygen atoms in total. The van der Waals surface area contributed by atoms with E-state index in [2.05, 4.69) is 9.97 Å². The molecule has 0 atom stereocenters. The number of hydrogen-bond acceptors (Lipinski definition) is 3. The van der Waals surface area contributed by atoms with E-state index in [1.165, 1.54) is 0 Å². The molecule has 3 rings (SSSR count). The van der Waals surface area contributed by atoms with Crippen LogP contribution >= 0.6 is 0 Å². The predicted molar refractivity (Wildman–Crippen MR) is 92.2 cm³/mol. The van der Waals surface area contributed by atoms with Gasteiger partial charge in [-0.25, -0.2) is 0 Å². The molecule has 3 aromatic rings. The van der Waals surface area contributed by atoms with Crippen molar-refractivity contribution < 1.29 is 4.79 Å². The summed E-state index contributed by atoms with van der Waals surface area (Å²) >= 11 is 0. The van der Waals surface area contributed by atoms with Crippen LogP contribution in [0, 0.1) is 0 Å². The first-order valence-electron chi connectivity index (χ1n) is 7.84. The molecule has 23 heavy (non-hydrogen) atoms. The molecule has 4 heteroatoms. The van der Waals surface area contributed by atoms with Gasteiger partial charge in [-0.1, -0.05) is 12.1 Å². The van der Waals surface area contributed by atoms with E-state index in [0.29, 0.717) is 18.7 Å². The van der Waals surface area contributed by atoms with E-state index in [-0.39, 0.29) is 5.91 Å². The van der Waals surface area contributed by atoms with Crippen LogP contribution in [0.4, 0.5) is 0 Å². The lowest BCUT2D eigenvalue weighted by Gasteiger charge is -2.19. The summed E-state index contributed by atoms with van der Waals surface area (Å²) < 4.78 is 0. The Morgan fingerprint density at radius 3 is 2.61 bits per heavy atom. The Bertz CT molecular complexity index is 835. The van der Waals surface area contributed by atoms with Crippen molar-refractivity contribution in [2.75, 3.05) is 13.1 Å². The molecule has 0 radical (unpaired) electrons. The summed E-state index contributed by atoms with van der Waals surface area (Å²) in [5, 5.41) is 0.988. The van der Waals surface area contributed by atoms with Gasteiger partial charge in [-0.2, -0.15) is 0 Å². The van der Waals surface area contributed by atoms with Crippen molar-refractivity contribution in [2.45, 2.75) is 13.8 Å². The molecular weight excluding hydrogens is 286 g/mol. The highest BCUT2D eigenvalue weighted by molar-refractivity contribution is 5.97. The number of aromatic nitrogens is 2. The molecule has 116 valence electrons. The molecule has 1 amide bonds. The monoisotopic (exact) mass is 305 g/mol. The van der Waals surface area contributed by atoms with Gasteiger partial charge in [0.2, 0.25) is 0 Å². The molecule has 0 bridgehead atoms. The number of fused-ring (bicyclic) bond motifs is 1. The quantitative estimate of drug-likeness (QED) is 0.737. The Balaban J connectivity index is 2.07. The smallest absolute Gasteiger partial charge is 0.253 e. The zero-order valence-electron chi connectivity index (χ0n) is 13.4. The van der Waals surface area contributed by atoms with Crippen molar-refractivity contribution in [2.24, 2.45) is 0 Å². The molecule has 0 aliphatic carbocycles. The summed E-state index contributed by atoms with van der Waals surface area (Å²) in [7, 11) is 0. The van der Waals surface area contributed by atoms with Crippen LogP contribution in [0.2, 0.25) is 0 Å². The molecule has 0 unspecified atom stereocenters. The molecule has 0 saturated carbocycles. The number of carbonyl (C=O) groups excluding carboxylic acids is 1. The van der Waals surface area contributed by atoms with E-state index in [4.69, 9.17) is 0 Å². The van der Waals surface area contributed by atoms with Gasteiger partial charge in [0.15, 0.2) is 0 Å². The maximum absolute atomic E-state index is 12.5. The third-order valence-corrected chi connectivity index (χ3v) is 3.96. The van der Waals surface area contributed by atoms with E-state index in [1.54, 1.807) is 12.4 Å². The molecule has 0 fully saturated rings. The minimum absolute atomic E-state index is 0.0511. The molecule has 2 aromatic heterocycles. The normalized spacial score (nSPS) is 10.7. The maximum atomic E-state index is 12.5. The highest BCUT2D eigenvalue weighted by Crippen LogP contribution is 2.26. The minimum atomic E-state index is 0.0511. The summed E-state index contributed by atoms with van der Waals surface area (Å²) in [4.78, 5) is 23.2. The topological polar surface area (TPSA) is 46.1 Å². The van der Waals surface area contributed by atoms with Crippen LogP contribution in [-0.4, -0.2) is 33.9 Å². The number of benzene rings is 1. The number of pyridine rings is 2. The molecule has 1 aromatic carbocycles. The Morgan fingerprint density at radius 1 is 1.00 bits per heavy atom. The lowest BCUT2D eigenvalue weighted by molar-refractivity contribution is 0.0773. The highest BCUT2D eigenvalue weighted by atomic mass is 16.2. The third kappa shape index (κ3) is 2.93. The summed E-state index contributed by atoms with van der Waals surface area (Å²) in [6.45, 7) is 5.39. The second kappa shape index (κ2) is 6.57. The summed E-state index contributed by atoms with van der Waals surface area (Å²) in [6, 6.07) is 13.4. The zero-order valence-corrected chi connectivity index (χ0v) is 13.4. The number of amides is 1. The van der Waals surface area contributed by atoms with Crippen LogP contribution in [0.5, 0.6) is 0 Å².